The van der Waals surface area contributed by atoms with E-state index in [2.05, 4.69) is 43.3 Å². The van der Waals surface area contributed by atoms with Crippen LogP contribution in [0.4, 0.5) is 5.95 Å². The molecule has 1 fully saturated rings. The molecule has 28 heavy (non-hydrogen) atoms. The van der Waals surface area contributed by atoms with Crippen LogP contribution in [0.5, 0.6) is 0 Å². The molecule has 2 aromatic heterocycles. The van der Waals surface area contributed by atoms with Crippen molar-refractivity contribution in [1.29, 1.82) is 0 Å². The Morgan fingerprint density at radius 2 is 2.14 bits per heavy atom. The first kappa shape index (κ1) is 20.4. The number of nitrogens with zero attached hydrogens (tertiary/aromatic N) is 6. The van der Waals surface area contributed by atoms with Crippen molar-refractivity contribution < 1.29 is 4.79 Å². The van der Waals surface area contributed by atoms with Crippen LogP contribution in [0.25, 0.3) is 0 Å². The van der Waals surface area contributed by atoms with Crippen LogP contribution in [0.1, 0.15) is 38.3 Å². The smallest absolute Gasteiger partial charge is 0.243 e. The number of nitrogens with one attached hydrogen (secondary N) is 1. The van der Waals surface area contributed by atoms with E-state index in [1.807, 2.05) is 31.9 Å². The number of likely N-dealkylation sites (tertiary alicyclic amines) is 1. The molecule has 0 spiro atoms. The third-order valence-electron chi connectivity index (χ3n) is 5.70. The molecule has 0 saturated carbocycles. The number of carbonyl (C=O) groups excluding carboxylic acids is 1. The van der Waals surface area contributed by atoms with Crippen LogP contribution in [0.3, 0.4) is 0 Å². The molecule has 0 radical (unpaired) electrons. The fourth-order valence-corrected chi connectivity index (χ4v) is 4.08. The topological polar surface area (TPSA) is 79.2 Å². The third-order valence-corrected chi connectivity index (χ3v) is 5.70. The summed E-state index contributed by atoms with van der Waals surface area (Å²) < 4.78 is 1.87. The molecule has 0 unspecified atom stereocenters. The van der Waals surface area contributed by atoms with Gasteiger partial charge in [0, 0.05) is 43.8 Å². The summed E-state index contributed by atoms with van der Waals surface area (Å²) in [5.74, 6) is 0.705. The largest absolute Gasteiger partial charge is 0.296 e. The average molecular weight is 386 g/mol. The Morgan fingerprint density at radius 3 is 2.79 bits per heavy atom. The van der Waals surface area contributed by atoms with E-state index in [0.717, 1.165) is 26.1 Å². The average Bonchev–Trinajstić information content (AvgIpc) is 3.13. The summed E-state index contributed by atoms with van der Waals surface area (Å²) >= 11 is 0. The minimum absolute atomic E-state index is 0.0882. The lowest BCUT2D eigenvalue weighted by molar-refractivity contribution is -0.120. The summed E-state index contributed by atoms with van der Waals surface area (Å²) in [6.45, 7) is 7.11. The second kappa shape index (κ2) is 9.25. The predicted octanol–water partition coefficient (Wildman–Crippen LogP) is 1.94. The van der Waals surface area contributed by atoms with Gasteiger partial charge in [-0.1, -0.05) is 6.92 Å². The summed E-state index contributed by atoms with van der Waals surface area (Å²) in [5.41, 5.74) is 1.26. The zero-order chi connectivity index (χ0) is 20.1. The lowest BCUT2D eigenvalue weighted by Gasteiger charge is -2.42. The first-order chi connectivity index (χ1) is 13.5. The van der Waals surface area contributed by atoms with Crippen molar-refractivity contribution in [2.45, 2.75) is 38.8 Å². The zero-order valence-corrected chi connectivity index (χ0v) is 17.2. The van der Waals surface area contributed by atoms with Crippen molar-refractivity contribution in [2.24, 2.45) is 13.0 Å². The zero-order valence-electron chi connectivity index (χ0n) is 17.2. The first-order valence-electron chi connectivity index (χ1n) is 10.00. The lowest BCUT2D eigenvalue weighted by Crippen LogP contribution is -2.47. The number of anilines is 1. The van der Waals surface area contributed by atoms with Crippen molar-refractivity contribution in [3.8, 4) is 0 Å². The highest BCUT2D eigenvalue weighted by molar-refractivity contribution is 5.92. The van der Waals surface area contributed by atoms with Crippen molar-refractivity contribution in [1.82, 2.24) is 29.5 Å². The van der Waals surface area contributed by atoms with E-state index in [0.29, 0.717) is 17.9 Å². The summed E-state index contributed by atoms with van der Waals surface area (Å²) in [4.78, 5) is 25.4. The quantitative estimate of drug-likeness (QED) is 0.785. The Morgan fingerprint density at radius 1 is 1.39 bits per heavy atom. The van der Waals surface area contributed by atoms with Crippen LogP contribution >= 0.6 is 0 Å². The van der Waals surface area contributed by atoms with E-state index in [1.165, 1.54) is 12.0 Å². The van der Waals surface area contributed by atoms with Gasteiger partial charge in [0.25, 0.3) is 0 Å². The minimum Gasteiger partial charge on any atom is -0.296 e. The molecule has 0 bridgehead atoms. The van der Waals surface area contributed by atoms with Gasteiger partial charge in [-0.3, -0.25) is 24.6 Å². The lowest BCUT2D eigenvalue weighted by atomic mass is 9.85. The van der Waals surface area contributed by atoms with Crippen molar-refractivity contribution >= 4 is 11.9 Å². The molecule has 8 nitrogen and oxygen atoms in total. The second-order valence-corrected chi connectivity index (χ2v) is 7.60. The maximum Gasteiger partial charge on any atom is 0.243 e. The van der Waals surface area contributed by atoms with Gasteiger partial charge in [0.1, 0.15) is 0 Å². The molecule has 1 aliphatic rings. The number of hydrogen-bond donors (Lipinski definition) is 1. The second-order valence-electron chi connectivity index (χ2n) is 7.60. The van der Waals surface area contributed by atoms with Gasteiger partial charge in [-0.15, -0.1) is 0 Å². The maximum absolute atomic E-state index is 12.6. The van der Waals surface area contributed by atoms with Crippen molar-refractivity contribution in [3.05, 3.63) is 36.4 Å². The Hall–Kier alpha value is -2.32. The van der Waals surface area contributed by atoms with E-state index in [9.17, 15) is 4.79 Å². The van der Waals surface area contributed by atoms with Gasteiger partial charge in [-0.25, -0.2) is 9.97 Å². The van der Waals surface area contributed by atoms with E-state index in [-0.39, 0.29) is 11.9 Å². The Labute approximate surface area is 167 Å². The highest BCUT2D eigenvalue weighted by atomic mass is 16.2. The summed E-state index contributed by atoms with van der Waals surface area (Å²) in [7, 11) is 3.98. The Bertz CT molecular complexity index is 763. The minimum atomic E-state index is -0.268. The van der Waals surface area contributed by atoms with Crippen LogP contribution in [-0.2, 0) is 11.8 Å². The molecule has 1 amide bonds. The number of rotatable bonds is 7. The summed E-state index contributed by atoms with van der Waals surface area (Å²) in [6.07, 6.45) is 9.68. The fraction of sp³-hybridized carbons (Fsp3) is 0.600. The number of likely N-dealkylation sites (N-methyl/N-ethyl adjacent to an activating group) is 1. The number of amides is 1. The highest BCUT2D eigenvalue weighted by Crippen LogP contribution is 2.36. The first-order valence-corrected chi connectivity index (χ1v) is 10.00. The monoisotopic (exact) mass is 385 g/mol. The Balaban J connectivity index is 1.68. The fourth-order valence-electron chi connectivity index (χ4n) is 4.08. The molecule has 152 valence electrons. The molecule has 1 N–H and O–H groups in total. The number of aromatic nitrogens is 4. The molecule has 8 heteroatoms. The molecule has 3 rings (SSSR count). The van der Waals surface area contributed by atoms with Crippen LogP contribution in [0.2, 0.25) is 0 Å². The van der Waals surface area contributed by atoms with E-state index < -0.39 is 0 Å². The molecule has 3 heterocycles. The van der Waals surface area contributed by atoms with Gasteiger partial charge in [-0.2, -0.15) is 5.10 Å². The van der Waals surface area contributed by atoms with Crippen molar-refractivity contribution in [2.75, 3.05) is 32.0 Å². The van der Waals surface area contributed by atoms with Crippen LogP contribution in [-0.4, -0.2) is 68.2 Å². The van der Waals surface area contributed by atoms with Gasteiger partial charge in [0.2, 0.25) is 11.9 Å². The van der Waals surface area contributed by atoms with Gasteiger partial charge < -0.3 is 0 Å². The summed E-state index contributed by atoms with van der Waals surface area (Å²) in [5, 5.41) is 7.18. The van der Waals surface area contributed by atoms with Gasteiger partial charge >= 0.3 is 0 Å². The SMILES string of the molecule is CCN1CCC[C@@H](CN(C)[C@H](C)C(=O)Nc2ncccn2)[C@@H]1c1cnn(C)c1. The number of hydrogen-bond acceptors (Lipinski definition) is 6. The van der Waals surface area contributed by atoms with Gasteiger partial charge in [0.15, 0.2) is 0 Å². The molecular formula is C20H31N7O. The van der Waals surface area contributed by atoms with E-state index >= 15 is 0 Å². The molecular weight excluding hydrogens is 354 g/mol. The van der Waals surface area contributed by atoms with Crippen LogP contribution in [0, 0.1) is 5.92 Å². The third kappa shape index (κ3) is 4.74. The van der Waals surface area contributed by atoms with Crippen LogP contribution in [0.15, 0.2) is 30.9 Å². The number of carbonyl (C=O) groups is 1. The van der Waals surface area contributed by atoms with E-state index in [1.54, 1.807) is 18.5 Å². The molecule has 1 aliphatic heterocycles. The Kier molecular flexibility index (Phi) is 6.74. The highest BCUT2D eigenvalue weighted by Gasteiger charge is 2.34. The van der Waals surface area contributed by atoms with Crippen LogP contribution < -0.4 is 5.32 Å². The maximum atomic E-state index is 12.6. The number of aryl methyl sites for hydroxylation is 1. The summed E-state index contributed by atoms with van der Waals surface area (Å²) in [6, 6.07) is 1.80. The normalized spacial score (nSPS) is 21.6. The van der Waals surface area contributed by atoms with Crippen molar-refractivity contribution in [3.63, 3.8) is 0 Å². The molecule has 0 aliphatic carbocycles. The van der Waals surface area contributed by atoms with E-state index in [4.69, 9.17) is 0 Å². The van der Waals surface area contributed by atoms with Gasteiger partial charge in [0.05, 0.1) is 12.2 Å². The molecule has 3 atom stereocenters. The number of piperidine rings is 1. The molecule has 2 aromatic rings. The molecule has 1 saturated heterocycles. The predicted molar refractivity (Wildman–Crippen MR) is 109 cm³/mol. The molecule has 0 aromatic carbocycles. The standard InChI is InChI=1S/C20H31N7O/c1-5-27-11-6-8-16(18(27)17-12-23-26(4)14-17)13-25(3)15(2)19(28)24-20-21-9-7-10-22-20/h7,9-10,12,14-16,18H,5-6,8,11,13H2,1-4H3,(H,21,22,24,28)/t15-,16+,18-/m1/s1. The van der Waals surface area contributed by atoms with Gasteiger partial charge in [-0.05, 0) is 51.9 Å².